The molecular formula is C17H23N3O5S. The first kappa shape index (κ1) is 18.8. The van der Waals surface area contributed by atoms with Gasteiger partial charge in [-0.05, 0) is 31.0 Å². The van der Waals surface area contributed by atoms with Crippen molar-refractivity contribution < 1.29 is 23.1 Å². The first-order valence-electron chi connectivity index (χ1n) is 8.60. The van der Waals surface area contributed by atoms with Crippen molar-refractivity contribution in [2.24, 2.45) is 0 Å². The molecule has 1 aromatic rings. The summed E-state index contributed by atoms with van der Waals surface area (Å²) in [6.45, 7) is 0.996. The second kappa shape index (κ2) is 7.34. The Morgan fingerprint density at radius 2 is 2.04 bits per heavy atom. The standard InChI is InChI=1S/C17H23N3O5S/c1-18-8-9-19(11-16(18)22)17(23)13-4-2-6-15(10-13)26(24,25)20-7-3-5-14(20)12-21/h2,4,6,10,14,21H,3,5,7-9,11-12H2,1H3/t14-/m0/s1. The van der Waals surface area contributed by atoms with Gasteiger partial charge in [0.25, 0.3) is 5.91 Å². The Morgan fingerprint density at radius 3 is 2.73 bits per heavy atom. The van der Waals surface area contributed by atoms with Crippen molar-refractivity contribution in [2.45, 2.75) is 23.8 Å². The Kier molecular flexibility index (Phi) is 5.31. The summed E-state index contributed by atoms with van der Waals surface area (Å²) in [6.07, 6.45) is 1.32. The number of amides is 2. The molecule has 0 radical (unpaired) electrons. The molecule has 8 nitrogen and oxygen atoms in total. The van der Waals surface area contributed by atoms with Crippen molar-refractivity contribution in [1.29, 1.82) is 0 Å². The van der Waals surface area contributed by atoms with Gasteiger partial charge in [-0.2, -0.15) is 4.31 Å². The van der Waals surface area contributed by atoms with Crippen molar-refractivity contribution in [3.8, 4) is 0 Å². The van der Waals surface area contributed by atoms with Crippen molar-refractivity contribution in [3.63, 3.8) is 0 Å². The van der Waals surface area contributed by atoms with Crippen molar-refractivity contribution >= 4 is 21.8 Å². The van der Waals surface area contributed by atoms with Crippen LogP contribution in [0.1, 0.15) is 23.2 Å². The van der Waals surface area contributed by atoms with Crippen LogP contribution in [0.5, 0.6) is 0 Å². The minimum atomic E-state index is -3.78. The number of hydrogen-bond acceptors (Lipinski definition) is 5. The van der Waals surface area contributed by atoms with Gasteiger partial charge in [-0.1, -0.05) is 6.07 Å². The molecule has 142 valence electrons. The Balaban J connectivity index is 1.84. The molecule has 2 amide bonds. The van der Waals surface area contributed by atoms with Crippen LogP contribution >= 0.6 is 0 Å². The summed E-state index contributed by atoms with van der Waals surface area (Å²) in [7, 11) is -2.09. The fourth-order valence-corrected chi connectivity index (χ4v) is 5.08. The van der Waals surface area contributed by atoms with Crippen LogP contribution in [-0.2, 0) is 14.8 Å². The second-order valence-corrected chi connectivity index (χ2v) is 8.55. The third-order valence-corrected chi connectivity index (χ3v) is 6.91. The SMILES string of the molecule is CN1CCN(C(=O)c2cccc(S(=O)(=O)N3CCC[C@H]3CO)c2)CC1=O. The van der Waals surface area contributed by atoms with Crippen LogP contribution in [0.15, 0.2) is 29.2 Å². The highest BCUT2D eigenvalue weighted by Gasteiger charge is 2.35. The third-order valence-electron chi connectivity index (χ3n) is 4.97. The minimum Gasteiger partial charge on any atom is -0.395 e. The normalized spacial score (nSPS) is 22.1. The summed E-state index contributed by atoms with van der Waals surface area (Å²) in [6, 6.07) is 5.47. The van der Waals surface area contributed by atoms with Crippen molar-refractivity contribution in [1.82, 2.24) is 14.1 Å². The van der Waals surface area contributed by atoms with Gasteiger partial charge in [-0.3, -0.25) is 9.59 Å². The van der Waals surface area contributed by atoms with E-state index in [1.54, 1.807) is 18.0 Å². The maximum Gasteiger partial charge on any atom is 0.254 e. The molecule has 2 heterocycles. The predicted octanol–water partition coefficient (Wildman–Crippen LogP) is -0.254. The summed E-state index contributed by atoms with van der Waals surface area (Å²) in [4.78, 5) is 27.5. The average molecular weight is 381 g/mol. The molecule has 0 aliphatic carbocycles. The molecule has 1 aromatic carbocycles. The fourth-order valence-electron chi connectivity index (χ4n) is 3.35. The van der Waals surface area contributed by atoms with Gasteiger partial charge in [0.2, 0.25) is 15.9 Å². The molecule has 9 heteroatoms. The van der Waals surface area contributed by atoms with Gasteiger partial charge in [-0.15, -0.1) is 0 Å². The molecule has 1 atom stereocenters. The second-order valence-electron chi connectivity index (χ2n) is 6.66. The third kappa shape index (κ3) is 3.46. The Bertz CT molecular complexity index is 810. The number of aliphatic hydroxyl groups is 1. The molecule has 0 bridgehead atoms. The number of rotatable bonds is 4. The number of nitrogens with zero attached hydrogens (tertiary/aromatic N) is 3. The summed E-state index contributed by atoms with van der Waals surface area (Å²) < 4.78 is 27.1. The Labute approximate surface area is 153 Å². The molecule has 0 spiro atoms. The fraction of sp³-hybridized carbons (Fsp3) is 0.529. The van der Waals surface area contributed by atoms with E-state index in [1.165, 1.54) is 27.4 Å². The molecule has 2 aliphatic heterocycles. The lowest BCUT2D eigenvalue weighted by atomic mass is 10.2. The van der Waals surface area contributed by atoms with E-state index in [9.17, 15) is 23.1 Å². The van der Waals surface area contributed by atoms with Crippen LogP contribution in [0, 0.1) is 0 Å². The summed E-state index contributed by atoms with van der Waals surface area (Å²) in [5, 5.41) is 9.40. The summed E-state index contributed by atoms with van der Waals surface area (Å²) in [5.41, 5.74) is 0.239. The molecule has 0 aromatic heterocycles. The molecule has 2 aliphatic rings. The zero-order chi connectivity index (χ0) is 18.9. The predicted molar refractivity (Wildman–Crippen MR) is 94.0 cm³/mol. The molecule has 26 heavy (non-hydrogen) atoms. The quantitative estimate of drug-likeness (QED) is 0.775. The van der Waals surface area contributed by atoms with Crippen molar-refractivity contribution in [3.05, 3.63) is 29.8 Å². The first-order valence-corrected chi connectivity index (χ1v) is 10.0. The molecule has 2 fully saturated rings. The van der Waals surface area contributed by atoms with Crippen LogP contribution < -0.4 is 0 Å². The van der Waals surface area contributed by atoms with E-state index >= 15 is 0 Å². The van der Waals surface area contributed by atoms with Gasteiger partial charge in [0.05, 0.1) is 11.5 Å². The van der Waals surface area contributed by atoms with Gasteiger partial charge < -0.3 is 14.9 Å². The molecular weight excluding hydrogens is 358 g/mol. The zero-order valence-electron chi connectivity index (χ0n) is 14.7. The highest BCUT2D eigenvalue weighted by Crippen LogP contribution is 2.26. The maximum atomic E-state index is 12.9. The van der Waals surface area contributed by atoms with Crippen LogP contribution in [0.3, 0.4) is 0 Å². The number of piperazine rings is 1. The van der Waals surface area contributed by atoms with E-state index < -0.39 is 16.1 Å². The van der Waals surface area contributed by atoms with Gasteiger partial charge in [0.1, 0.15) is 6.54 Å². The average Bonchev–Trinajstić information content (AvgIpc) is 3.13. The topological polar surface area (TPSA) is 98.2 Å². The van der Waals surface area contributed by atoms with E-state index in [0.717, 1.165) is 0 Å². The van der Waals surface area contributed by atoms with Crippen LogP contribution in [0.25, 0.3) is 0 Å². The highest BCUT2D eigenvalue weighted by atomic mass is 32.2. The number of carbonyl (C=O) groups is 2. The molecule has 0 unspecified atom stereocenters. The van der Waals surface area contributed by atoms with Crippen LogP contribution in [-0.4, -0.2) is 85.3 Å². The number of carbonyl (C=O) groups excluding carboxylic acids is 2. The Hall–Kier alpha value is -1.97. The van der Waals surface area contributed by atoms with Gasteiger partial charge in [0.15, 0.2) is 0 Å². The molecule has 0 saturated carbocycles. The zero-order valence-corrected chi connectivity index (χ0v) is 15.5. The first-order chi connectivity index (χ1) is 12.3. The largest absolute Gasteiger partial charge is 0.395 e. The van der Waals surface area contributed by atoms with E-state index in [-0.39, 0.29) is 35.4 Å². The van der Waals surface area contributed by atoms with Gasteiger partial charge in [-0.25, -0.2) is 8.42 Å². The van der Waals surface area contributed by atoms with Crippen LogP contribution in [0.4, 0.5) is 0 Å². The van der Waals surface area contributed by atoms with Crippen LogP contribution in [0.2, 0.25) is 0 Å². The number of aliphatic hydroxyl groups excluding tert-OH is 1. The lowest BCUT2D eigenvalue weighted by molar-refractivity contribution is -0.133. The van der Waals surface area contributed by atoms with Gasteiger partial charge >= 0.3 is 0 Å². The van der Waals surface area contributed by atoms with E-state index in [1.807, 2.05) is 0 Å². The Morgan fingerprint density at radius 1 is 1.27 bits per heavy atom. The monoisotopic (exact) mass is 381 g/mol. The number of sulfonamides is 1. The minimum absolute atomic E-state index is 0.00891. The molecule has 1 N–H and O–H groups in total. The number of benzene rings is 1. The summed E-state index contributed by atoms with van der Waals surface area (Å²) >= 11 is 0. The molecule has 3 rings (SSSR count). The smallest absolute Gasteiger partial charge is 0.254 e. The maximum absolute atomic E-state index is 12.9. The van der Waals surface area contributed by atoms with E-state index in [2.05, 4.69) is 0 Å². The van der Waals surface area contributed by atoms with Gasteiger partial charge in [0, 0.05) is 38.3 Å². The number of hydrogen-bond donors (Lipinski definition) is 1. The summed E-state index contributed by atoms with van der Waals surface area (Å²) in [5.74, 6) is -0.500. The van der Waals surface area contributed by atoms with E-state index in [0.29, 0.717) is 32.5 Å². The molecule has 2 saturated heterocycles. The van der Waals surface area contributed by atoms with E-state index in [4.69, 9.17) is 0 Å². The lowest BCUT2D eigenvalue weighted by Crippen LogP contribution is -2.50. The van der Waals surface area contributed by atoms with Crippen molar-refractivity contribution in [2.75, 3.05) is 39.8 Å². The lowest BCUT2D eigenvalue weighted by Gasteiger charge is -2.32. The number of likely N-dealkylation sites (N-methyl/N-ethyl adjacent to an activating group) is 1. The highest BCUT2D eigenvalue weighted by molar-refractivity contribution is 7.89.